The van der Waals surface area contributed by atoms with Gasteiger partial charge in [0.15, 0.2) is 0 Å². The monoisotopic (exact) mass is 423 g/mol. The highest BCUT2D eigenvalue weighted by Crippen LogP contribution is 2.29. The number of halogens is 1. The Bertz CT molecular complexity index is 714. The van der Waals surface area contributed by atoms with Crippen molar-refractivity contribution in [1.82, 2.24) is 15.3 Å². The zero-order valence-electron chi connectivity index (χ0n) is 14.2. The number of thiazole rings is 1. The Labute approximate surface area is 160 Å². The fourth-order valence-electron chi connectivity index (χ4n) is 3.21. The van der Waals surface area contributed by atoms with Crippen LogP contribution in [-0.2, 0) is 16.1 Å². The van der Waals surface area contributed by atoms with Gasteiger partial charge >= 0.3 is 5.97 Å². The molecule has 0 amide bonds. The molecule has 0 atom stereocenters. The van der Waals surface area contributed by atoms with Crippen molar-refractivity contribution in [2.24, 2.45) is 11.8 Å². The lowest BCUT2D eigenvalue weighted by Crippen LogP contribution is -2.29. The maximum atomic E-state index is 11.6. The minimum Gasteiger partial charge on any atom is -0.469 e. The molecule has 0 aliphatic heterocycles. The summed E-state index contributed by atoms with van der Waals surface area (Å²) in [6.07, 6.45) is 5.93. The number of aromatic nitrogens is 2. The lowest BCUT2D eigenvalue weighted by Gasteiger charge is -2.26. The summed E-state index contributed by atoms with van der Waals surface area (Å²) in [5.74, 6) is 0.676. The van der Waals surface area contributed by atoms with Crippen molar-refractivity contribution >= 4 is 33.2 Å². The van der Waals surface area contributed by atoms with Crippen molar-refractivity contribution in [1.29, 1.82) is 0 Å². The first kappa shape index (κ1) is 18.5. The Morgan fingerprint density at radius 3 is 2.88 bits per heavy atom. The molecule has 7 heteroatoms. The Morgan fingerprint density at radius 2 is 2.16 bits per heavy atom. The van der Waals surface area contributed by atoms with Gasteiger partial charge in [-0.15, -0.1) is 11.3 Å². The van der Waals surface area contributed by atoms with Gasteiger partial charge in [0.1, 0.15) is 9.61 Å². The van der Waals surface area contributed by atoms with Gasteiger partial charge < -0.3 is 10.1 Å². The molecule has 1 fully saturated rings. The highest BCUT2D eigenvalue weighted by atomic mass is 79.9. The van der Waals surface area contributed by atoms with Crippen LogP contribution in [-0.4, -0.2) is 29.6 Å². The average molecular weight is 424 g/mol. The first-order chi connectivity index (χ1) is 12.2. The third-order valence-electron chi connectivity index (χ3n) is 4.61. The predicted octanol–water partition coefficient (Wildman–Crippen LogP) is 4.04. The van der Waals surface area contributed by atoms with E-state index in [1.165, 1.54) is 7.11 Å². The molecule has 25 heavy (non-hydrogen) atoms. The molecule has 5 nitrogen and oxygen atoms in total. The second-order valence-electron chi connectivity index (χ2n) is 6.34. The molecule has 0 radical (unpaired) electrons. The summed E-state index contributed by atoms with van der Waals surface area (Å²) in [6, 6.07) is 5.89. The number of ether oxygens (including phenoxy) is 1. The summed E-state index contributed by atoms with van der Waals surface area (Å²) in [5.41, 5.74) is 0.944. The normalized spacial score (nSPS) is 20.4. The Morgan fingerprint density at radius 1 is 1.36 bits per heavy atom. The van der Waals surface area contributed by atoms with Crippen molar-refractivity contribution in [3.8, 4) is 10.6 Å². The summed E-state index contributed by atoms with van der Waals surface area (Å²) in [7, 11) is 1.47. The fraction of sp³-hybridized carbons (Fsp3) is 0.500. The first-order valence-corrected chi connectivity index (χ1v) is 10.1. The molecular weight excluding hydrogens is 402 g/mol. The van der Waals surface area contributed by atoms with Gasteiger partial charge in [-0.3, -0.25) is 4.79 Å². The molecule has 0 bridgehead atoms. The number of pyridine rings is 1. The molecule has 0 spiro atoms. The molecule has 2 aromatic rings. The van der Waals surface area contributed by atoms with Crippen LogP contribution >= 0.6 is 27.3 Å². The Kier molecular flexibility index (Phi) is 6.56. The lowest BCUT2D eigenvalue weighted by atomic mass is 9.82. The number of carbonyl (C=O) groups is 1. The van der Waals surface area contributed by atoms with Crippen molar-refractivity contribution < 1.29 is 9.53 Å². The largest absolute Gasteiger partial charge is 0.469 e. The van der Waals surface area contributed by atoms with Gasteiger partial charge in [-0.1, -0.05) is 6.07 Å². The Hall–Kier alpha value is -1.31. The number of nitrogens with one attached hydrogen (secondary N) is 1. The molecule has 0 unspecified atom stereocenters. The van der Waals surface area contributed by atoms with Crippen LogP contribution < -0.4 is 5.32 Å². The van der Waals surface area contributed by atoms with E-state index >= 15 is 0 Å². The van der Waals surface area contributed by atoms with Crippen LogP contribution in [0.1, 0.15) is 30.7 Å². The van der Waals surface area contributed by atoms with Crippen molar-refractivity contribution in [2.75, 3.05) is 13.7 Å². The zero-order valence-corrected chi connectivity index (χ0v) is 16.6. The molecule has 1 saturated carbocycles. The molecule has 1 aliphatic rings. The van der Waals surface area contributed by atoms with Gasteiger partial charge in [-0.25, -0.2) is 9.97 Å². The van der Waals surface area contributed by atoms with Gasteiger partial charge in [-0.2, -0.15) is 0 Å². The van der Waals surface area contributed by atoms with Crippen molar-refractivity contribution in [2.45, 2.75) is 32.2 Å². The lowest BCUT2D eigenvalue weighted by molar-refractivity contribution is -0.146. The maximum absolute atomic E-state index is 11.6. The summed E-state index contributed by atoms with van der Waals surface area (Å²) >= 11 is 5.07. The predicted molar refractivity (Wildman–Crippen MR) is 102 cm³/mol. The van der Waals surface area contributed by atoms with E-state index in [4.69, 9.17) is 4.74 Å². The van der Waals surface area contributed by atoms with Gasteiger partial charge in [0.2, 0.25) is 0 Å². The van der Waals surface area contributed by atoms with Crippen LogP contribution in [0.15, 0.2) is 29.0 Å². The van der Waals surface area contributed by atoms with Crippen molar-refractivity contribution in [3.05, 3.63) is 34.0 Å². The van der Waals surface area contributed by atoms with Gasteiger partial charge in [0.25, 0.3) is 0 Å². The number of nitrogens with zero attached hydrogens (tertiary/aromatic N) is 2. The van der Waals surface area contributed by atoms with Crippen LogP contribution in [0.3, 0.4) is 0 Å². The molecule has 0 aromatic carbocycles. The van der Waals surface area contributed by atoms with Gasteiger partial charge in [0, 0.05) is 12.7 Å². The highest BCUT2D eigenvalue weighted by Gasteiger charge is 2.26. The second-order valence-corrected chi connectivity index (χ2v) is 8.26. The fourth-order valence-corrected chi connectivity index (χ4v) is 4.41. The SMILES string of the molecule is COC(=O)C1CCC(CNCc2ncc(-c3cccc(Br)n3)s2)CC1. The van der Waals surface area contributed by atoms with E-state index in [1.807, 2.05) is 24.4 Å². The molecule has 134 valence electrons. The molecule has 1 aliphatic carbocycles. The molecule has 2 aromatic heterocycles. The van der Waals surface area contributed by atoms with E-state index in [2.05, 4.69) is 31.2 Å². The minimum absolute atomic E-state index is 0.0529. The number of esters is 1. The number of carbonyl (C=O) groups excluding carboxylic acids is 1. The van der Waals surface area contributed by atoms with Crippen LogP contribution in [0.25, 0.3) is 10.6 Å². The summed E-state index contributed by atoms with van der Waals surface area (Å²) in [5, 5.41) is 4.58. The van der Waals surface area contributed by atoms with Crippen LogP contribution in [0.2, 0.25) is 0 Å². The van der Waals surface area contributed by atoms with Gasteiger partial charge in [0.05, 0.1) is 23.6 Å². The average Bonchev–Trinajstić information content (AvgIpc) is 3.11. The second kappa shape index (κ2) is 8.87. The molecule has 2 heterocycles. The van der Waals surface area contributed by atoms with Crippen LogP contribution in [0.5, 0.6) is 0 Å². The molecule has 3 rings (SSSR count). The number of hydrogen-bond acceptors (Lipinski definition) is 6. The van der Waals surface area contributed by atoms with E-state index in [1.54, 1.807) is 11.3 Å². The first-order valence-electron chi connectivity index (χ1n) is 8.52. The summed E-state index contributed by atoms with van der Waals surface area (Å²) in [6.45, 7) is 1.74. The Balaban J connectivity index is 1.44. The highest BCUT2D eigenvalue weighted by molar-refractivity contribution is 9.10. The number of rotatable bonds is 6. The van der Waals surface area contributed by atoms with Gasteiger partial charge in [-0.05, 0) is 66.2 Å². The number of hydrogen-bond donors (Lipinski definition) is 1. The molecule has 0 saturated heterocycles. The van der Waals surface area contributed by atoms with E-state index in [9.17, 15) is 4.79 Å². The molecule has 1 N–H and O–H groups in total. The van der Waals surface area contributed by atoms with E-state index < -0.39 is 0 Å². The smallest absolute Gasteiger partial charge is 0.308 e. The molecular formula is C18H22BrN3O2S. The van der Waals surface area contributed by atoms with Crippen molar-refractivity contribution in [3.63, 3.8) is 0 Å². The third kappa shape index (κ3) is 5.09. The van der Waals surface area contributed by atoms with E-state index in [-0.39, 0.29) is 11.9 Å². The quantitative estimate of drug-likeness (QED) is 0.560. The summed E-state index contributed by atoms with van der Waals surface area (Å²) in [4.78, 5) is 21.6. The minimum atomic E-state index is -0.0529. The van der Waals surface area contributed by atoms with E-state index in [0.717, 1.165) is 59.0 Å². The topological polar surface area (TPSA) is 64.1 Å². The maximum Gasteiger partial charge on any atom is 0.308 e. The van der Waals surface area contributed by atoms with Crippen LogP contribution in [0.4, 0.5) is 0 Å². The van der Waals surface area contributed by atoms with Crippen LogP contribution in [0, 0.1) is 11.8 Å². The standard InChI is InChI=1S/C18H22BrN3O2S/c1-24-18(23)13-7-5-12(6-8-13)9-20-11-17-21-10-15(25-17)14-3-2-4-16(19)22-14/h2-4,10,12-13,20H,5-9,11H2,1H3. The third-order valence-corrected chi connectivity index (χ3v) is 6.07. The summed E-state index contributed by atoms with van der Waals surface area (Å²) < 4.78 is 5.67. The van der Waals surface area contributed by atoms with E-state index in [0.29, 0.717) is 5.92 Å². The number of methoxy groups -OCH3 is 1. The zero-order chi connectivity index (χ0) is 17.6.